The van der Waals surface area contributed by atoms with Crippen LogP contribution in [0, 0.1) is 10.1 Å². The zero-order chi connectivity index (χ0) is 22.0. The molecule has 9 heteroatoms. The van der Waals surface area contributed by atoms with Gasteiger partial charge in [-0.3, -0.25) is 19.8 Å². The summed E-state index contributed by atoms with van der Waals surface area (Å²) in [6.45, 7) is 0.353. The van der Waals surface area contributed by atoms with Crippen LogP contribution in [-0.4, -0.2) is 27.2 Å². The second-order valence-corrected chi connectivity index (χ2v) is 8.27. The van der Waals surface area contributed by atoms with Crippen LogP contribution in [0.3, 0.4) is 0 Å². The van der Waals surface area contributed by atoms with Crippen molar-refractivity contribution in [1.29, 1.82) is 0 Å². The van der Waals surface area contributed by atoms with Crippen molar-refractivity contribution < 1.29 is 18.9 Å². The summed E-state index contributed by atoms with van der Waals surface area (Å²) in [5.41, 5.74) is 1.25. The van der Waals surface area contributed by atoms with Crippen molar-refractivity contribution in [1.82, 2.24) is 4.90 Å². The lowest BCUT2D eigenvalue weighted by atomic mass is 10.1. The van der Waals surface area contributed by atoms with Crippen LogP contribution in [0.4, 0.5) is 5.69 Å². The number of benzene rings is 2. The number of carbonyl (C=O) groups is 1. The Hall–Kier alpha value is -3.43. The fourth-order valence-corrected chi connectivity index (χ4v) is 4.33. The molecule has 1 aromatic heterocycles. The smallest absolute Gasteiger partial charge is 0.280 e. The van der Waals surface area contributed by atoms with Crippen LogP contribution >= 0.6 is 24.0 Å². The van der Waals surface area contributed by atoms with Crippen LogP contribution in [0.15, 0.2) is 70.0 Å². The minimum Gasteiger partial charge on any atom is -0.497 e. The summed E-state index contributed by atoms with van der Waals surface area (Å²) in [5, 5.41) is 11.3. The molecule has 0 bridgehead atoms. The molecule has 1 fully saturated rings. The van der Waals surface area contributed by atoms with E-state index in [1.165, 1.54) is 22.7 Å². The number of furan rings is 1. The number of methoxy groups -OCH3 is 1. The van der Waals surface area contributed by atoms with Crippen molar-refractivity contribution in [2.45, 2.75) is 6.54 Å². The quantitative estimate of drug-likeness (QED) is 0.218. The summed E-state index contributed by atoms with van der Waals surface area (Å²) in [7, 11) is 1.60. The van der Waals surface area contributed by atoms with Crippen molar-refractivity contribution in [3.63, 3.8) is 0 Å². The number of rotatable bonds is 6. The molecule has 31 heavy (non-hydrogen) atoms. The van der Waals surface area contributed by atoms with Gasteiger partial charge in [-0.25, -0.2) is 0 Å². The van der Waals surface area contributed by atoms with Gasteiger partial charge in [0.15, 0.2) is 0 Å². The number of nitro groups is 1. The average Bonchev–Trinajstić information content (AvgIpc) is 3.34. The summed E-state index contributed by atoms with van der Waals surface area (Å²) in [6.07, 6.45) is 1.60. The van der Waals surface area contributed by atoms with Crippen molar-refractivity contribution in [3.8, 4) is 17.1 Å². The van der Waals surface area contributed by atoms with Gasteiger partial charge in [-0.1, -0.05) is 48.2 Å². The average molecular weight is 453 g/mol. The van der Waals surface area contributed by atoms with E-state index in [4.69, 9.17) is 21.4 Å². The van der Waals surface area contributed by atoms with Crippen molar-refractivity contribution >= 4 is 46.0 Å². The number of thioether (sulfide) groups is 1. The molecule has 0 saturated carbocycles. The molecule has 0 atom stereocenters. The zero-order valence-electron chi connectivity index (χ0n) is 16.3. The first-order valence-corrected chi connectivity index (χ1v) is 10.4. The molecule has 0 N–H and O–H groups in total. The summed E-state index contributed by atoms with van der Waals surface area (Å²) in [5.74, 6) is 1.29. The minimum absolute atomic E-state index is 0.0470. The lowest BCUT2D eigenvalue weighted by Crippen LogP contribution is -2.27. The topological polar surface area (TPSA) is 85.8 Å². The van der Waals surface area contributed by atoms with Gasteiger partial charge in [0.25, 0.3) is 11.6 Å². The Morgan fingerprint density at radius 2 is 1.90 bits per heavy atom. The third kappa shape index (κ3) is 4.37. The molecule has 1 amide bonds. The van der Waals surface area contributed by atoms with E-state index in [1.807, 2.05) is 24.3 Å². The number of amides is 1. The van der Waals surface area contributed by atoms with Gasteiger partial charge in [-0.05, 0) is 35.9 Å². The maximum absolute atomic E-state index is 12.9. The molecule has 2 aromatic carbocycles. The van der Waals surface area contributed by atoms with Gasteiger partial charge in [0.2, 0.25) is 0 Å². The van der Waals surface area contributed by atoms with Crippen molar-refractivity contribution in [2.75, 3.05) is 7.11 Å². The Morgan fingerprint density at radius 1 is 1.16 bits per heavy atom. The maximum atomic E-state index is 12.9. The Labute approximate surface area is 187 Å². The molecule has 1 aliphatic rings. The highest BCUT2D eigenvalue weighted by molar-refractivity contribution is 8.26. The third-order valence-electron chi connectivity index (χ3n) is 4.64. The Morgan fingerprint density at radius 3 is 2.61 bits per heavy atom. The summed E-state index contributed by atoms with van der Waals surface area (Å²) in [4.78, 5) is 25.6. The number of thiocarbonyl (C=S) groups is 1. The Balaban J connectivity index is 1.54. The number of para-hydroxylation sites is 1. The van der Waals surface area contributed by atoms with Crippen LogP contribution in [-0.2, 0) is 11.3 Å². The number of hydrogen-bond acceptors (Lipinski definition) is 7. The Bertz CT molecular complexity index is 1200. The molecular weight excluding hydrogens is 436 g/mol. The first kappa shape index (κ1) is 20.8. The van der Waals surface area contributed by atoms with E-state index in [2.05, 4.69) is 0 Å². The number of nitro benzene ring substituents is 1. The molecule has 3 aromatic rings. The van der Waals surface area contributed by atoms with Crippen LogP contribution in [0.25, 0.3) is 17.4 Å². The van der Waals surface area contributed by atoms with E-state index >= 15 is 0 Å². The number of ether oxygens (including phenoxy) is 1. The molecular formula is C22H16N2O5S2. The predicted molar refractivity (Wildman–Crippen MR) is 123 cm³/mol. The first-order chi connectivity index (χ1) is 15.0. The fraction of sp³-hybridized carbons (Fsp3) is 0.0909. The third-order valence-corrected chi connectivity index (χ3v) is 6.02. The highest BCUT2D eigenvalue weighted by Gasteiger charge is 2.32. The first-order valence-electron chi connectivity index (χ1n) is 9.18. The highest BCUT2D eigenvalue weighted by atomic mass is 32.2. The summed E-state index contributed by atoms with van der Waals surface area (Å²) < 4.78 is 11.4. The standard InChI is InChI=1S/C22H16N2O5S2/c1-28-15-8-6-14(7-9-15)13-23-21(25)20(31-22(23)30)12-16-10-11-19(29-16)17-4-2-3-5-18(17)24(26)27/h2-12H,13H2,1H3. The van der Waals surface area contributed by atoms with E-state index in [9.17, 15) is 14.9 Å². The van der Waals surface area contributed by atoms with E-state index in [0.29, 0.717) is 32.9 Å². The molecule has 1 saturated heterocycles. The lowest BCUT2D eigenvalue weighted by molar-refractivity contribution is -0.384. The molecule has 0 aliphatic carbocycles. The number of hydrogen-bond donors (Lipinski definition) is 0. The fourth-order valence-electron chi connectivity index (χ4n) is 3.10. The van der Waals surface area contributed by atoms with Crippen LogP contribution < -0.4 is 4.74 Å². The maximum Gasteiger partial charge on any atom is 0.280 e. The number of nitrogens with zero attached hydrogens (tertiary/aromatic N) is 2. The van der Waals surface area contributed by atoms with Crippen molar-refractivity contribution in [2.24, 2.45) is 0 Å². The Kier molecular flexibility index (Phi) is 5.88. The van der Waals surface area contributed by atoms with Gasteiger partial charge in [0.05, 0.1) is 29.0 Å². The van der Waals surface area contributed by atoms with Crippen LogP contribution in [0.1, 0.15) is 11.3 Å². The molecule has 0 spiro atoms. The molecule has 4 rings (SSSR count). The van der Waals surface area contributed by atoms with E-state index in [0.717, 1.165) is 11.3 Å². The van der Waals surface area contributed by atoms with Gasteiger partial charge >= 0.3 is 0 Å². The van der Waals surface area contributed by atoms with Gasteiger partial charge in [-0.2, -0.15) is 0 Å². The molecule has 0 unspecified atom stereocenters. The molecule has 7 nitrogen and oxygen atoms in total. The lowest BCUT2D eigenvalue weighted by Gasteiger charge is -2.14. The summed E-state index contributed by atoms with van der Waals surface area (Å²) in [6, 6.07) is 17.1. The van der Waals surface area contributed by atoms with Gasteiger partial charge in [0, 0.05) is 12.1 Å². The highest BCUT2D eigenvalue weighted by Crippen LogP contribution is 2.36. The van der Waals surface area contributed by atoms with E-state index in [-0.39, 0.29) is 11.6 Å². The van der Waals surface area contributed by atoms with E-state index in [1.54, 1.807) is 43.5 Å². The minimum atomic E-state index is -0.457. The predicted octanol–water partition coefficient (Wildman–Crippen LogP) is 5.26. The van der Waals surface area contributed by atoms with Crippen molar-refractivity contribution in [3.05, 3.63) is 87.0 Å². The SMILES string of the molecule is COc1ccc(CN2C(=O)C(=Cc3ccc(-c4ccccc4[N+](=O)[O-])o3)SC2=S)cc1. The zero-order valence-corrected chi connectivity index (χ0v) is 17.9. The monoisotopic (exact) mass is 452 g/mol. The van der Waals surface area contributed by atoms with Gasteiger partial charge < -0.3 is 9.15 Å². The van der Waals surface area contributed by atoms with E-state index < -0.39 is 4.92 Å². The van der Waals surface area contributed by atoms with Gasteiger partial charge in [0.1, 0.15) is 21.6 Å². The number of carbonyl (C=O) groups excluding carboxylic acids is 1. The molecule has 1 aliphatic heterocycles. The normalized spacial score (nSPS) is 15.0. The van der Waals surface area contributed by atoms with Crippen LogP contribution in [0.2, 0.25) is 0 Å². The molecule has 156 valence electrons. The second-order valence-electron chi connectivity index (χ2n) is 6.59. The molecule has 2 heterocycles. The largest absolute Gasteiger partial charge is 0.497 e. The second kappa shape index (κ2) is 8.75. The summed E-state index contributed by atoms with van der Waals surface area (Å²) >= 11 is 6.58. The molecule has 0 radical (unpaired) electrons. The van der Waals surface area contributed by atoms with Crippen LogP contribution in [0.5, 0.6) is 5.75 Å². The van der Waals surface area contributed by atoms with Gasteiger partial charge in [-0.15, -0.1) is 0 Å².